The van der Waals surface area contributed by atoms with E-state index in [0.717, 1.165) is 44.3 Å². The predicted molar refractivity (Wildman–Crippen MR) is 133 cm³/mol. The standard InChI is InChI=1S/C28H42N2O4/c1-17(26(32)29-20-7-5-6-8-20)22-13-15-28(3)16-14-23(18(2)24(28)25(22)31)30-27(33)19-9-11-21(34-4)12-10-19/h9-12,17-18,20,22-25,31H,5-8,13-16H2,1-4H3,(H,29,32)(H,30,33)/t17-,18+,22?,23-,24+,25-,28-/m0/s1. The molecular formula is C28H42N2O4. The number of methoxy groups -OCH3 is 1. The Morgan fingerprint density at radius 3 is 2.35 bits per heavy atom. The number of aliphatic hydroxyl groups excluding tert-OH is 1. The van der Waals surface area contributed by atoms with Crippen molar-refractivity contribution in [2.75, 3.05) is 7.11 Å². The van der Waals surface area contributed by atoms with Gasteiger partial charge in [0.1, 0.15) is 5.75 Å². The molecule has 7 atom stereocenters. The molecule has 6 heteroatoms. The Morgan fingerprint density at radius 1 is 1.06 bits per heavy atom. The molecule has 3 saturated carbocycles. The molecule has 1 unspecified atom stereocenters. The van der Waals surface area contributed by atoms with Crippen molar-refractivity contribution in [2.24, 2.45) is 29.1 Å². The molecule has 188 valence electrons. The smallest absolute Gasteiger partial charge is 0.251 e. The van der Waals surface area contributed by atoms with Gasteiger partial charge in [0, 0.05) is 23.6 Å². The molecule has 34 heavy (non-hydrogen) atoms. The topological polar surface area (TPSA) is 87.7 Å². The zero-order chi connectivity index (χ0) is 24.5. The number of hydrogen-bond acceptors (Lipinski definition) is 4. The van der Waals surface area contributed by atoms with E-state index in [-0.39, 0.29) is 46.9 Å². The summed E-state index contributed by atoms with van der Waals surface area (Å²) in [6.07, 6.45) is 7.75. The Balaban J connectivity index is 1.43. The van der Waals surface area contributed by atoms with E-state index < -0.39 is 6.10 Å². The number of nitrogens with one attached hydrogen (secondary N) is 2. The van der Waals surface area contributed by atoms with Gasteiger partial charge in [-0.05, 0) is 86.0 Å². The normalized spacial score (nSPS) is 34.7. The summed E-state index contributed by atoms with van der Waals surface area (Å²) >= 11 is 0. The van der Waals surface area contributed by atoms with E-state index in [0.29, 0.717) is 11.6 Å². The number of carbonyl (C=O) groups excluding carboxylic acids is 2. The van der Waals surface area contributed by atoms with Crippen LogP contribution in [0.2, 0.25) is 0 Å². The fourth-order valence-corrected chi connectivity index (χ4v) is 7.09. The third-order valence-electron chi connectivity index (χ3n) is 9.31. The average molecular weight is 471 g/mol. The number of ether oxygens (including phenoxy) is 1. The van der Waals surface area contributed by atoms with Crippen molar-refractivity contribution in [3.63, 3.8) is 0 Å². The fourth-order valence-electron chi connectivity index (χ4n) is 7.09. The molecule has 1 aromatic carbocycles. The molecular weight excluding hydrogens is 428 g/mol. The van der Waals surface area contributed by atoms with Gasteiger partial charge in [-0.1, -0.05) is 33.6 Å². The summed E-state index contributed by atoms with van der Waals surface area (Å²) in [7, 11) is 1.61. The van der Waals surface area contributed by atoms with Gasteiger partial charge in [-0.15, -0.1) is 0 Å². The molecule has 0 spiro atoms. The SMILES string of the molecule is COc1ccc(C(=O)N[C@H]2CC[C@]3(C)CCC([C@H](C)C(=O)NC4CCCC4)[C@H](O)[C@H]3[C@@H]2C)cc1. The first-order valence-corrected chi connectivity index (χ1v) is 13.2. The second-order valence-corrected chi connectivity index (χ2v) is 11.4. The van der Waals surface area contributed by atoms with Gasteiger partial charge in [0.25, 0.3) is 5.91 Å². The van der Waals surface area contributed by atoms with Crippen molar-refractivity contribution in [2.45, 2.75) is 90.3 Å². The lowest BCUT2D eigenvalue weighted by Gasteiger charge is -2.56. The summed E-state index contributed by atoms with van der Waals surface area (Å²) in [6.45, 7) is 6.44. The van der Waals surface area contributed by atoms with Crippen molar-refractivity contribution < 1.29 is 19.4 Å². The number of fused-ring (bicyclic) bond motifs is 1. The Hall–Kier alpha value is -2.08. The highest BCUT2D eigenvalue weighted by molar-refractivity contribution is 5.94. The monoisotopic (exact) mass is 470 g/mol. The van der Waals surface area contributed by atoms with Crippen LogP contribution in [0.25, 0.3) is 0 Å². The summed E-state index contributed by atoms with van der Waals surface area (Å²) in [5, 5.41) is 18.1. The molecule has 1 aromatic rings. The van der Waals surface area contributed by atoms with Crippen LogP contribution in [0.15, 0.2) is 24.3 Å². The molecule has 2 amide bonds. The molecule has 3 aliphatic carbocycles. The number of benzene rings is 1. The Morgan fingerprint density at radius 2 is 1.71 bits per heavy atom. The zero-order valence-corrected chi connectivity index (χ0v) is 21.2. The minimum absolute atomic E-state index is 0.00342. The predicted octanol–water partition coefficient (Wildman–Crippen LogP) is 4.31. The maximum absolute atomic E-state index is 13.0. The third kappa shape index (κ3) is 4.98. The fraction of sp³-hybridized carbons (Fsp3) is 0.714. The number of amides is 2. The first-order chi connectivity index (χ1) is 16.2. The van der Waals surface area contributed by atoms with Crippen LogP contribution in [0.5, 0.6) is 5.75 Å². The third-order valence-corrected chi connectivity index (χ3v) is 9.31. The highest BCUT2D eigenvalue weighted by Gasteiger charge is 2.54. The molecule has 4 rings (SSSR count). The van der Waals surface area contributed by atoms with Crippen LogP contribution in [0, 0.1) is 29.1 Å². The van der Waals surface area contributed by atoms with E-state index in [4.69, 9.17) is 4.74 Å². The van der Waals surface area contributed by atoms with Crippen molar-refractivity contribution >= 4 is 11.8 Å². The summed E-state index contributed by atoms with van der Waals surface area (Å²) in [5.74, 6) is 0.661. The molecule has 0 saturated heterocycles. The summed E-state index contributed by atoms with van der Waals surface area (Å²) < 4.78 is 5.19. The first-order valence-electron chi connectivity index (χ1n) is 13.2. The van der Waals surface area contributed by atoms with Crippen LogP contribution < -0.4 is 15.4 Å². The van der Waals surface area contributed by atoms with Gasteiger partial charge in [-0.25, -0.2) is 0 Å². The van der Waals surface area contributed by atoms with E-state index in [1.165, 1.54) is 12.8 Å². The van der Waals surface area contributed by atoms with Gasteiger partial charge < -0.3 is 20.5 Å². The maximum atomic E-state index is 13.0. The van der Waals surface area contributed by atoms with Crippen LogP contribution in [0.3, 0.4) is 0 Å². The zero-order valence-electron chi connectivity index (χ0n) is 21.2. The molecule has 3 N–H and O–H groups in total. The molecule has 0 bridgehead atoms. The van der Waals surface area contributed by atoms with E-state index in [9.17, 15) is 14.7 Å². The van der Waals surface area contributed by atoms with Gasteiger partial charge in [0.05, 0.1) is 13.2 Å². The van der Waals surface area contributed by atoms with Crippen molar-refractivity contribution in [1.82, 2.24) is 10.6 Å². The van der Waals surface area contributed by atoms with Crippen LogP contribution in [-0.4, -0.2) is 42.2 Å². The number of rotatable bonds is 6. The highest BCUT2D eigenvalue weighted by Crippen LogP contribution is 2.55. The maximum Gasteiger partial charge on any atom is 0.251 e. The Bertz CT molecular complexity index is 866. The van der Waals surface area contributed by atoms with Crippen molar-refractivity contribution in [3.05, 3.63) is 29.8 Å². The van der Waals surface area contributed by atoms with Gasteiger partial charge in [-0.2, -0.15) is 0 Å². The van der Waals surface area contributed by atoms with Gasteiger partial charge in [0.15, 0.2) is 0 Å². The largest absolute Gasteiger partial charge is 0.497 e. The van der Waals surface area contributed by atoms with Crippen molar-refractivity contribution in [1.29, 1.82) is 0 Å². The lowest BCUT2D eigenvalue weighted by molar-refractivity contribution is -0.142. The minimum atomic E-state index is -0.543. The summed E-state index contributed by atoms with van der Waals surface area (Å²) in [5.41, 5.74) is 0.652. The Kier molecular flexibility index (Phi) is 7.56. The van der Waals surface area contributed by atoms with E-state index in [1.807, 2.05) is 6.92 Å². The molecule has 0 aromatic heterocycles. The van der Waals surface area contributed by atoms with E-state index in [1.54, 1.807) is 31.4 Å². The lowest BCUT2D eigenvalue weighted by atomic mass is 9.51. The molecule has 3 fully saturated rings. The summed E-state index contributed by atoms with van der Waals surface area (Å²) in [4.78, 5) is 25.9. The number of aliphatic hydroxyl groups is 1. The van der Waals surface area contributed by atoms with E-state index >= 15 is 0 Å². The first kappa shape index (κ1) is 25.0. The second kappa shape index (κ2) is 10.3. The van der Waals surface area contributed by atoms with Crippen LogP contribution >= 0.6 is 0 Å². The van der Waals surface area contributed by atoms with Crippen LogP contribution in [0.4, 0.5) is 0 Å². The average Bonchev–Trinajstić information content (AvgIpc) is 3.33. The quantitative estimate of drug-likeness (QED) is 0.578. The van der Waals surface area contributed by atoms with Gasteiger partial charge in [-0.3, -0.25) is 9.59 Å². The van der Waals surface area contributed by atoms with Crippen LogP contribution in [-0.2, 0) is 4.79 Å². The number of carbonyl (C=O) groups is 2. The van der Waals surface area contributed by atoms with Gasteiger partial charge >= 0.3 is 0 Å². The number of hydrogen-bond donors (Lipinski definition) is 3. The molecule has 0 heterocycles. The van der Waals surface area contributed by atoms with Gasteiger partial charge in [0.2, 0.25) is 5.91 Å². The molecule has 6 nitrogen and oxygen atoms in total. The van der Waals surface area contributed by atoms with Crippen molar-refractivity contribution in [3.8, 4) is 5.75 Å². The minimum Gasteiger partial charge on any atom is -0.497 e. The highest BCUT2D eigenvalue weighted by atomic mass is 16.5. The van der Waals surface area contributed by atoms with Crippen LogP contribution in [0.1, 0.15) is 82.5 Å². The molecule has 0 radical (unpaired) electrons. The second-order valence-electron chi connectivity index (χ2n) is 11.4. The Labute approximate surface area is 204 Å². The molecule has 0 aliphatic heterocycles. The van der Waals surface area contributed by atoms with E-state index in [2.05, 4.69) is 24.5 Å². The summed E-state index contributed by atoms with van der Waals surface area (Å²) in [6, 6.07) is 7.45. The molecule has 3 aliphatic rings. The lowest BCUT2D eigenvalue weighted by Crippen LogP contribution is -2.58.